The van der Waals surface area contributed by atoms with Gasteiger partial charge in [-0.05, 0) is 45.2 Å². The number of likely N-dealkylation sites (tertiary alicyclic amines) is 1. The molecule has 32 heavy (non-hydrogen) atoms. The molecule has 1 saturated heterocycles. The van der Waals surface area contributed by atoms with Crippen LogP contribution in [0, 0.1) is 20.8 Å². The summed E-state index contributed by atoms with van der Waals surface area (Å²) in [5.41, 5.74) is 2.94. The van der Waals surface area contributed by atoms with Gasteiger partial charge in [-0.1, -0.05) is 17.4 Å². The van der Waals surface area contributed by atoms with E-state index in [0.717, 1.165) is 37.2 Å². The van der Waals surface area contributed by atoms with E-state index in [9.17, 15) is 14.7 Å². The largest absolute Gasteiger partial charge is 0.508 e. The summed E-state index contributed by atoms with van der Waals surface area (Å²) in [4.78, 5) is 31.7. The fraction of sp³-hybridized carbons (Fsp3) is 0.364. The number of nitrogens with one attached hydrogen (secondary N) is 2. The van der Waals surface area contributed by atoms with Crippen molar-refractivity contribution in [1.29, 1.82) is 0 Å². The number of nitrogens with zero attached hydrogens (tertiary/aromatic N) is 4. The summed E-state index contributed by atoms with van der Waals surface area (Å²) >= 11 is 1.20. The molecule has 1 aliphatic rings. The highest BCUT2D eigenvalue weighted by molar-refractivity contribution is 7.17. The Bertz CT molecular complexity index is 1160. The van der Waals surface area contributed by atoms with Crippen molar-refractivity contribution in [3.8, 4) is 5.75 Å². The van der Waals surface area contributed by atoms with Crippen LogP contribution in [0.3, 0.4) is 0 Å². The van der Waals surface area contributed by atoms with Gasteiger partial charge in [-0.15, -0.1) is 0 Å². The van der Waals surface area contributed by atoms with Crippen LogP contribution in [0.15, 0.2) is 24.4 Å². The van der Waals surface area contributed by atoms with Crippen molar-refractivity contribution in [3.05, 3.63) is 46.1 Å². The number of hydrogen-bond acceptors (Lipinski definition) is 7. The minimum Gasteiger partial charge on any atom is -0.508 e. The van der Waals surface area contributed by atoms with Gasteiger partial charge in [0.15, 0.2) is 10.9 Å². The number of aromatic hydroxyl groups is 1. The van der Waals surface area contributed by atoms with Gasteiger partial charge in [0.2, 0.25) is 5.91 Å². The summed E-state index contributed by atoms with van der Waals surface area (Å²) in [6, 6.07) is 5.21. The Morgan fingerprint density at radius 3 is 2.69 bits per heavy atom. The molecule has 10 heteroatoms. The predicted molar refractivity (Wildman–Crippen MR) is 124 cm³/mol. The standard InChI is InChI=1S/C22H26N6O3S/c1-13-6-7-16(29)15(3)20(13)25-21(31)17-11-23-22(32-17)24-18-10-14(2)28(26-18)12-19(30)27-8-4-5-9-27/h6-7,10-11,29H,4-5,8-9,12H2,1-3H3,(H,25,31)(H,23,24,26). The van der Waals surface area contributed by atoms with E-state index in [1.54, 1.807) is 23.7 Å². The quantitative estimate of drug-likeness (QED) is 0.525. The minimum atomic E-state index is -0.301. The first kappa shape index (κ1) is 21.8. The lowest BCUT2D eigenvalue weighted by atomic mass is 10.1. The van der Waals surface area contributed by atoms with Crippen LogP contribution >= 0.6 is 11.3 Å². The monoisotopic (exact) mass is 454 g/mol. The highest BCUT2D eigenvalue weighted by Crippen LogP contribution is 2.29. The second kappa shape index (κ2) is 8.99. The molecule has 3 N–H and O–H groups in total. The Labute approximate surface area is 190 Å². The zero-order chi connectivity index (χ0) is 22.8. The number of amides is 2. The third-order valence-corrected chi connectivity index (χ3v) is 6.48. The highest BCUT2D eigenvalue weighted by atomic mass is 32.1. The van der Waals surface area contributed by atoms with Crippen molar-refractivity contribution in [2.24, 2.45) is 0 Å². The lowest BCUT2D eigenvalue weighted by Gasteiger charge is -2.15. The second-order valence-corrected chi connectivity index (χ2v) is 8.96. The van der Waals surface area contributed by atoms with Crippen LogP contribution < -0.4 is 10.6 Å². The van der Waals surface area contributed by atoms with Gasteiger partial charge in [0, 0.05) is 30.4 Å². The van der Waals surface area contributed by atoms with Crippen LogP contribution in [0.4, 0.5) is 16.6 Å². The maximum atomic E-state index is 12.7. The molecule has 0 unspecified atom stereocenters. The average molecular weight is 455 g/mol. The van der Waals surface area contributed by atoms with E-state index in [1.165, 1.54) is 17.5 Å². The molecule has 2 aromatic heterocycles. The van der Waals surface area contributed by atoms with E-state index in [4.69, 9.17) is 0 Å². The molecule has 0 saturated carbocycles. The van der Waals surface area contributed by atoms with Crippen LogP contribution in [-0.2, 0) is 11.3 Å². The SMILES string of the molecule is Cc1ccc(O)c(C)c1NC(=O)c1cnc(Nc2cc(C)n(CC(=O)N3CCCC3)n2)s1. The first-order chi connectivity index (χ1) is 15.3. The Morgan fingerprint density at radius 2 is 1.94 bits per heavy atom. The number of phenols is 1. The summed E-state index contributed by atoms with van der Waals surface area (Å²) in [7, 11) is 0. The van der Waals surface area contributed by atoms with E-state index in [-0.39, 0.29) is 24.1 Å². The molecule has 0 bridgehead atoms. The Morgan fingerprint density at radius 1 is 1.19 bits per heavy atom. The second-order valence-electron chi connectivity index (χ2n) is 7.93. The van der Waals surface area contributed by atoms with E-state index in [2.05, 4.69) is 20.7 Å². The summed E-state index contributed by atoms with van der Waals surface area (Å²) in [6.45, 7) is 7.36. The Kier molecular flexibility index (Phi) is 6.13. The van der Waals surface area contributed by atoms with Gasteiger partial charge in [-0.2, -0.15) is 5.10 Å². The van der Waals surface area contributed by atoms with Crippen LogP contribution in [0.5, 0.6) is 5.75 Å². The molecule has 4 rings (SSSR count). The van der Waals surface area contributed by atoms with E-state index < -0.39 is 0 Å². The summed E-state index contributed by atoms with van der Waals surface area (Å²) < 4.78 is 1.68. The van der Waals surface area contributed by atoms with Gasteiger partial charge >= 0.3 is 0 Å². The lowest BCUT2D eigenvalue weighted by Crippen LogP contribution is -2.31. The molecule has 1 aliphatic heterocycles. The molecule has 0 radical (unpaired) electrons. The first-order valence-corrected chi connectivity index (χ1v) is 11.3. The number of thiazole rings is 1. The molecule has 9 nitrogen and oxygen atoms in total. The van der Waals surface area contributed by atoms with Gasteiger partial charge < -0.3 is 20.6 Å². The first-order valence-electron chi connectivity index (χ1n) is 10.5. The molecular formula is C22H26N6O3S. The van der Waals surface area contributed by atoms with Gasteiger partial charge in [-0.25, -0.2) is 4.98 Å². The third kappa shape index (κ3) is 4.59. The summed E-state index contributed by atoms with van der Waals surface area (Å²) in [5.74, 6) is 0.473. The summed E-state index contributed by atoms with van der Waals surface area (Å²) in [6.07, 6.45) is 3.61. The number of hydrogen-bond donors (Lipinski definition) is 3. The van der Waals surface area contributed by atoms with Gasteiger partial charge in [0.1, 0.15) is 17.2 Å². The van der Waals surface area contributed by atoms with Gasteiger partial charge in [0.05, 0.1) is 11.9 Å². The van der Waals surface area contributed by atoms with Crippen molar-refractivity contribution >= 4 is 39.8 Å². The number of anilines is 3. The fourth-order valence-electron chi connectivity index (χ4n) is 3.68. The lowest BCUT2D eigenvalue weighted by molar-refractivity contribution is -0.130. The molecule has 0 aliphatic carbocycles. The maximum Gasteiger partial charge on any atom is 0.267 e. The molecule has 3 heterocycles. The fourth-order valence-corrected chi connectivity index (χ4v) is 4.39. The highest BCUT2D eigenvalue weighted by Gasteiger charge is 2.20. The van der Waals surface area contributed by atoms with Crippen LogP contribution in [0.2, 0.25) is 0 Å². The molecule has 3 aromatic rings. The third-order valence-electron chi connectivity index (χ3n) is 5.57. The van der Waals surface area contributed by atoms with E-state index >= 15 is 0 Å². The number of aromatic nitrogens is 3. The zero-order valence-corrected chi connectivity index (χ0v) is 19.1. The number of benzene rings is 1. The smallest absolute Gasteiger partial charge is 0.267 e. The molecule has 1 aromatic carbocycles. The van der Waals surface area contributed by atoms with Crippen molar-refractivity contribution in [3.63, 3.8) is 0 Å². The molecule has 0 atom stereocenters. The number of rotatable bonds is 6. The Balaban J connectivity index is 1.42. The number of carbonyl (C=O) groups is 2. The maximum absolute atomic E-state index is 12.7. The molecular weight excluding hydrogens is 428 g/mol. The average Bonchev–Trinajstić information content (AvgIpc) is 3.51. The zero-order valence-electron chi connectivity index (χ0n) is 18.3. The predicted octanol–water partition coefficient (Wildman–Crippen LogP) is 3.59. The van der Waals surface area contributed by atoms with Crippen molar-refractivity contribution in [2.75, 3.05) is 23.7 Å². The topological polar surface area (TPSA) is 112 Å². The van der Waals surface area contributed by atoms with Crippen LogP contribution in [0.25, 0.3) is 0 Å². The van der Waals surface area contributed by atoms with Crippen molar-refractivity contribution in [1.82, 2.24) is 19.7 Å². The minimum absolute atomic E-state index is 0.0750. The van der Waals surface area contributed by atoms with Crippen molar-refractivity contribution in [2.45, 2.75) is 40.2 Å². The van der Waals surface area contributed by atoms with Crippen LogP contribution in [0.1, 0.15) is 39.3 Å². The van der Waals surface area contributed by atoms with E-state index in [1.807, 2.05) is 24.8 Å². The summed E-state index contributed by atoms with van der Waals surface area (Å²) in [5, 5.41) is 20.9. The van der Waals surface area contributed by atoms with Crippen LogP contribution in [-0.4, -0.2) is 49.7 Å². The number of aryl methyl sites for hydroxylation is 2. The molecule has 168 valence electrons. The normalized spacial score (nSPS) is 13.4. The van der Waals surface area contributed by atoms with Gasteiger partial charge in [0.25, 0.3) is 5.91 Å². The molecule has 2 amide bonds. The number of carbonyl (C=O) groups excluding carboxylic acids is 2. The van der Waals surface area contributed by atoms with Gasteiger partial charge in [-0.3, -0.25) is 14.3 Å². The molecule has 0 spiro atoms. The van der Waals surface area contributed by atoms with Crippen molar-refractivity contribution < 1.29 is 14.7 Å². The number of phenolic OH excluding ortho intramolecular Hbond substituents is 1. The molecule has 1 fully saturated rings. The van der Waals surface area contributed by atoms with E-state index in [0.29, 0.717) is 27.1 Å². The Hall–Kier alpha value is -3.40.